The molecular weight excluding hydrogens is 266 g/mol. The van der Waals surface area contributed by atoms with E-state index in [0.29, 0.717) is 12.1 Å². The van der Waals surface area contributed by atoms with Gasteiger partial charge in [0.25, 0.3) is 0 Å². The molecule has 1 amide bonds. The number of fused-ring (bicyclic) bond motifs is 1. The van der Waals surface area contributed by atoms with E-state index in [9.17, 15) is 9.59 Å². The average molecular weight is 287 g/mol. The van der Waals surface area contributed by atoms with Gasteiger partial charge in [-0.1, -0.05) is 25.3 Å². The molecule has 112 valence electrons. The van der Waals surface area contributed by atoms with E-state index >= 15 is 0 Å². The molecule has 1 saturated carbocycles. The van der Waals surface area contributed by atoms with Gasteiger partial charge in [0.15, 0.2) is 0 Å². The molecule has 0 spiro atoms. The highest BCUT2D eigenvalue weighted by Crippen LogP contribution is 2.28. The van der Waals surface area contributed by atoms with Gasteiger partial charge in [-0.2, -0.15) is 0 Å². The Labute approximate surface area is 124 Å². The lowest BCUT2D eigenvalue weighted by molar-refractivity contribution is -0.137. The van der Waals surface area contributed by atoms with Crippen LogP contribution in [0.2, 0.25) is 0 Å². The third-order valence-corrected chi connectivity index (χ3v) is 4.73. The number of benzene rings is 1. The smallest absolute Gasteiger partial charge is 0.335 e. The van der Waals surface area contributed by atoms with Gasteiger partial charge in [-0.05, 0) is 42.5 Å². The van der Waals surface area contributed by atoms with Gasteiger partial charge in [-0.25, -0.2) is 4.79 Å². The molecule has 2 aliphatic rings. The maximum atomic E-state index is 12.6. The topological polar surface area (TPSA) is 57.6 Å². The van der Waals surface area contributed by atoms with Crippen molar-refractivity contribution in [1.29, 1.82) is 0 Å². The van der Waals surface area contributed by atoms with Crippen LogP contribution in [0.25, 0.3) is 0 Å². The van der Waals surface area contributed by atoms with Crippen molar-refractivity contribution in [3.05, 3.63) is 34.9 Å². The summed E-state index contributed by atoms with van der Waals surface area (Å²) in [5.41, 5.74) is 2.47. The Kier molecular flexibility index (Phi) is 3.95. The fraction of sp³-hybridized carbons (Fsp3) is 0.529. The predicted octanol–water partition coefficient (Wildman–Crippen LogP) is 2.85. The summed E-state index contributed by atoms with van der Waals surface area (Å²) >= 11 is 0. The fourth-order valence-corrected chi connectivity index (χ4v) is 3.49. The van der Waals surface area contributed by atoms with Crippen LogP contribution < -0.4 is 0 Å². The van der Waals surface area contributed by atoms with Gasteiger partial charge in [-0.3, -0.25) is 4.79 Å². The van der Waals surface area contributed by atoms with E-state index in [1.54, 1.807) is 12.1 Å². The quantitative estimate of drug-likeness (QED) is 0.910. The third kappa shape index (κ3) is 2.94. The zero-order valence-corrected chi connectivity index (χ0v) is 12.2. The Hall–Kier alpha value is -1.84. The van der Waals surface area contributed by atoms with Crippen LogP contribution in [0.4, 0.5) is 0 Å². The van der Waals surface area contributed by atoms with E-state index in [1.165, 1.54) is 12.0 Å². The highest BCUT2D eigenvalue weighted by atomic mass is 16.4. The molecule has 0 bridgehead atoms. The van der Waals surface area contributed by atoms with Gasteiger partial charge in [0.2, 0.25) is 5.91 Å². The Morgan fingerprint density at radius 3 is 2.57 bits per heavy atom. The number of carbonyl (C=O) groups excluding carboxylic acids is 1. The molecule has 1 aromatic rings. The molecule has 4 nitrogen and oxygen atoms in total. The molecule has 0 aromatic heterocycles. The average Bonchev–Trinajstić information content (AvgIpc) is 2.54. The Morgan fingerprint density at radius 1 is 1.10 bits per heavy atom. The number of hydrogen-bond acceptors (Lipinski definition) is 2. The van der Waals surface area contributed by atoms with E-state index in [0.717, 1.165) is 44.2 Å². The molecule has 1 aliphatic carbocycles. The van der Waals surface area contributed by atoms with Gasteiger partial charge in [0.05, 0.1) is 5.56 Å². The molecular formula is C17H21NO3. The van der Waals surface area contributed by atoms with Crippen LogP contribution >= 0.6 is 0 Å². The summed E-state index contributed by atoms with van der Waals surface area (Å²) in [5.74, 6) is -0.461. The minimum absolute atomic E-state index is 0.183. The molecule has 0 saturated heterocycles. The Bertz CT molecular complexity index is 561. The van der Waals surface area contributed by atoms with E-state index in [2.05, 4.69) is 0 Å². The first-order valence-corrected chi connectivity index (χ1v) is 7.79. The molecule has 21 heavy (non-hydrogen) atoms. The van der Waals surface area contributed by atoms with Crippen molar-refractivity contribution in [3.63, 3.8) is 0 Å². The highest BCUT2D eigenvalue weighted by molar-refractivity contribution is 5.88. The summed E-state index contributed by atoms with van der Waals surface area (Å²) in [5, 5.41) is 9.08. The lowest BCUT2D eigenvalue weighted by atomic mass is 9.87. The summed E-state index contributed by atoms with van der Waals surface area (Å²) in [6, 6.07) is 5.26. The van der Waals surface area contributed by atoms with Crippen LogP contribution in [-0.4, -0.2) is 28.4 Å². The summed E-state index contributed by atoms with van der Waals surface area (Å²) in [6.45, 7) is 1.32. The number of aromatic carboxylic acids is 1. The van der Waals surface area contributed by atoms with Crippen LogP contribution in [0.5, 0.6) is 0 Å². The van der Waals surface area contributed by atoms with Gasteiger partial charge in [0, 0.05) is 19.0 Å². The van der Waals surface area contributed by atoms with Crippen molar-refractivity contribution in [3.8, 4) is 0 Å². The normalized spacial score (nSPS) is 19.1. The van der Waals surface area contributed by atoms with Crippen LogP contribution in [0, 0.1) is 5.92 Å². The first kappa shape index (κ1) is 14.1. The molecule has 1 aliphatic heterocycles. The van der Waals surface area contributed by atoms with E-state index in [-0.39, 0.29) is 11.8 Å². The summed E-state index contributed by atoms with van der Waals surface area (Å²) < 4.78 is 0. The molecule has 1 N–H and O–H groups in total. The maximum absolute atomic E-state index is 12.6. The third-order valence-electron chi connectivity index (χ3n) is 4.73. The van der Waals surface area contributed by atoms with Crippen LogP contribution in [0.1, 0.15) is 53.6 Å². The molecule has 1 heterocycles. The lowest BCUT2D eigenvalue weighted by Gasteiger charge is -2.33. The second-order valence-corrected chi connectivity index (χ2v) is 6.13. The van der Waals surface area contributed by atoms with Crippen molar-refractivity contribution < 1.29 is 14.7 Å². The summed E-state index contributed by atoms with van der Waals surface area (Å²) in [7, 11) is 0. The van der Waals surface area contributed by atoms with Gasteiger partial charge in [-0.15, -0.1) is 0 Å². The minimum Gasteiger partial charge on any atom is -0.478 e. The Morgan fingerprint density at radius 2 is 1.86 bits per heavy atom. The van der Waals surface area contributed by atoms with Crippen LogP contribution in [0.3, 0.4) is 0 Å². The predicted molar refractivity (Wildman–Crippen MR) is 79.1 cm³/mol. The van der Waals surface area contributed by atoms with E-state index in [1.807, 2.05) is 11.0 Å². The SMILES string of the molecule is O=C(O)c1ccc2c(c1)CN(C(=O)C1CCCCC1)CC2. The number of carboxylic acids is 1. The van der Waals surface area contributed by atoms with Crippen molar-refractivity contribution in [2.45, 2.75) is 45.1 Å². The van der Waals surface area contributed by atoms with Crippen LogP contribution in [-0.2, 0) is 17.8 Å². The second-order valence-electron chi connectivity index (χ2n) is 6.13. The van der Waals surface area contributed by atoms with Crippen LogP contribution in [0.15, 0.2) is 18.2 Å². The number of amides is 1. The number of rotatable bonds is 2. The second kappa shape index (κ2) is 5.88. The highest BCUT2D eigenvalue weighted by Gasteiger charge is 2.28. The summed E-state index contributed by atoms with van der Waals surface area (Å²) in [4.78, 5) is 25.6. The van der Waals surface area contributed by atoms with E-state index < -0.39 is 5.97 Å². The number of carbonyl (C=O) groups is 2. The molecule has 1 fully saturated rings. The molecule has 1 aromatic carbocycles. The minimum atomic E-state index is -0.909. The van der Waals surface area contributed by atoms with Gasteiger partial charge >= 0.3 is 5.97 Å². The Balaban J connectivity index is 1.75. The molecule has 0 atom stereocenters. The first-order valence-electron chi connectivity index (χ1n) is 7.79. The fourth-order valence-electron chi connectivity index (χ4n) is 3.49. The van der Waals surface area contributed by atoms with Crippen molar-refractivity contribution in [2.75, 3.05) is 6.54 Å². The van der Waals surface area contributed by atoms with E-state index in [4.69, 9.17) is 5.11 Å². The van der Waals surface area contributed by atoms with Gasteiger partial charge in [0.1, 0.15) is 0 Å². The molecule has 0 radical (unpaired) electrons. The molecule has 0 unspecified atom stereocenters. The number of nitrogens with zero attached hydrogens (tertiary/aromatic N) is 1. The monoisotopic (exact) mass is 287 g/mol. The first-order chi connectivity index (χ1) is 10.1. The largest absolute Gasteiger partial charge is 0.478 e. The zero-order chi connectivity index (χ0) is 14.8. The van der Waals surface area contributed by atoms with Crippen molar-refractivity contribution >= 4 is 11.9 Å². The number of carboxylic acid groups (broad SMARTS) is 1. The van der Waals surface area contributed by atoms with Crippen molar-refractivity contribution in [2.24, 2.45) is 5.92 Å². The standard InChI is InChI=1S/C17H21NO3/c19-16(13-4-2-1-3-5-13)18-9-8-12-6-7-14(17(20)21)10-15(12)11-18/h6-7,10,13H,1-5,8-9,11H2,(H,20,21). The maximum Gasteiger partial charge on any atom is 0.335 e. The summed E-state index contributed by atoms with van der Waals surface area (Å²) in [6.07, 6.45) is 6.41. The van der Waals surface area contributed by atoms with Gasteiger partial charge < -0.3 is 10.0 Å². The lowest BCUT2D eigenvalue weighted by Crippen LogP contribution is -2.40. The zero-order valence-electron chi connectivity index (χ0n) is 12.2. The van der Waals surface area contributed by atoms with Crippen molar-refractivity contribution in [1.82, 2.24) is 4.90 Å². The molecule has 4 heteroatoms. The number of hydrogen-bond donors (Lipinski definition) is 1. The molecule has 3 rings (SSSR count).